The van der Waals surface area contributed by atoms with E-state index in [1.807, 2.05) is 11.3 Å². The van der Waals surface area contributed by atoms with Crippen LogP contribution in [0.15, 0.2) is 121 Å². The molecule has 6 aromatic carbocycles. The molecule has 0 aliphatic rings. The Bertz CT molecular complexity index is 1950. The second-order valence-corrected chi connectivity index (χ2v) is 17.2. The summed E-state index contributed by atoms with van der Waals surface area (Å²) in [6, 6.07) is 44.7. The molecule has 0 fully saturated rings. The highest BCUT2D eigenvalue weighted by Gasteiger charge is 2.21. The first kappa shape index (κ1) is 23.2. The highest BCUT2D eigenvalue weighted by atomic mass is 32.1. The lowest BCUT2D eigenvalue weighted by atomic mass is 9.98. The van der Waals surface area contributed by atoms with Gasteiger partial charge in [0.25, 0.3) is 0 Å². The van der Waals surface area contributed by atoms with E-state index in [0.717, 1.165) is 0 Å². The monoisotopic (exact) mass is 523 g/mol. The number of hydrogen-bond donors (Lipinski definition) is 0. The maximum absolute atomic E-state index is 2.43. The van der Waals surface area contributed by atoms with Crippen molar-refractivity contribution in [2.24, 2.45) is 0 Å². The summed E-state index contributed by atoms with van der Waals surface area (Å²) in [5, 5.41) is 9.41. The molecule has 0 spiro atoms. The first-order chi connectivity index (χ1) is 18.5. The highest BCUT2D eigenvalue weighted by molar-refractivity contribution is 7.26. The molecule has 0 aliphatic heterocycles. The largest absolute Gasteiger partial charge is 0.310 e. The molecule has 184 valence electrons. The fourth-order valence-electron chi connectivity index (χ4n) is 5.68. The number of hydrogen-bond acceptors (Lipinski definition) is 2. The fourth-order valence-corrected chi connectivity index (χ4v) is 8.02. The molecule has 1 heterocycles. The van der Waals surface area contributed by atoms with Crippen LogP contribution in [0.1, 0.15) is 0 Å². The van der Waals surface area contributed by atoms with Crippen LogP contribution in [0.25, 0.3) is 41.7 Å². The molecule has 3 heteroatoms. The van der Waals surface area contributed by atoms with Gasteiger partial charge in [0.05, 0.1) is 13.8 Å². The van der Waals surface area contributed by atoms with Gasteiger partial charge in [0, 0.05) is 36.9 Å². The molecule has 0 saturated heterocycles. The number of para-hydroxylation sites is 1. The van der Waals surface area contributed by atoms with Crippen molar-refractivity contribution in [3.8, 4) is 0 Å². The first-order valence-electron chi connectivity index (χ1n) is 13.2. The van der Waals surface area contributed by atoms with Crippen LogP contribution in [0.5, 0.6) is 0 Å². The lowest BCUT2D eigenvalue weighted by Crippen LogP contribution is -2.37. The molecular weight excluding hydrogens is 495 g/mol. The Balaban J connectivity index is 1.56. The van der Waals surface area contributed by atoms with Gasteiger partial charge in [0.1, 0.15) is 0 Å². The summed E-state index contributed by atoms with van der Waals surface area (Å²) < 4.78 is 2.66. The minimum absolute atomic E-state index is 1.17. The van der Waals surface area contributed by atoms with Crippen LogP contribution in [-0.2, 0) is 0 Å². The Morgan fingerprint density at radius 3 is 1.87 bits per heavy atom. The molecule has 0 bridgehead atoms. The van der Waals surface area contributed by atoms with Crippen molar-refractivity contribution < 1.29 is 0 Å². The van der Waals surface area contributed by atoms with Crippen LogP contribution in [0.3, 0.4) is 0 Å². The van der Waals surface area contributed by atoms with E-state index in [-0.39, 0.29) is 0 Å². The van der Waals surface area contributed by atoms with Crippen molar-refractivity contribution in [2.45, 2.75) is 19.6 Å². The van der Waals surface area contributed by atoms with Gasteiger partial charge in [-0.25, -0.2) is 0 Å². The third-order valence-corrected chi connectivity index (χ3v) is 10.8. The van der Waals surface area contributed by atoms with Gasteiger partial charge in [-0.05, 0) is 52.6 Å². The Labute approximate surface area is 228 Å². The van der Waals surface area contributed by atoms with Gasteiger partial charge in [-0.2, -0.15) is 0 Å². The van der Waals surface area contributed by atoms with E-state index < -0.39 is 8.07 Å². The number of anilines is 3. The minimum atomic E-state index is -1.39. The van der Waals surface area contributed by atoms with Crippen molar-refractivity contribution in [1.29, 1.82) is 0 Å². The number of nitrogens with zero attached hydrogens (tertiary/aromatic N) is 1. The molecule has 0 saturated carbocycles. The van der Waals surface area contributed by atoms with Crippen molar-refractivity contribution in [1.82, 2.24) is 0 Å². The van der Waals surface area contributed by atoms with E-state index in [2.05, 4.69) is 146 Å². The van der Waals surface area contributed by atoms with Crippen molar-refractivity contribution in [3.63, 3.8) is 0 Å². The van der Waals surface area contributed by atoms with Gasteiger partial charge in [0.15, 0.2) is 0 Å². The minimum Gasteiger partial charge on any atom is -0.310 e. The third-order valence-electron chi connectivity index (χ3n) is 7.59. The SMILES string of the molecule is C[Si](C)(C)c1ccc(N(c2ccccc2)c2cc3sc4ccc5ccccc5c4c3c3ccccc23)cc1. The lowest BCUT2D eigenvalue weighted by Gasteiger charge is -2.28. The van der Waals surface area contributed by atoms with Gasteiger partial charge in [-0.3, -0.25) is 0 Å². The Morgan fingerprint density at radius 2 is 1.13 bits per heavy atom. The van der Waals surface area contributed by atoms with Crippen molar-refractivity contribution in [2.75, 3.05) is 4.90 Å². The van der Waals surface area contributed by atoms with E-state index in [4.69, 9.17) is 0 Å². The van der Waals surface area contributed by atoms with Crippen LogP contribution in [-0.4, -0.2) is 8.07 Å². The molecule has 7 rings (SSSR count). The number of benzene rings is 6. The summed E-state index contributed by atoms with van der Waals surface area (Å²) in [6.45, 7) is 7.22. The van der Waals surface area contributed by atoms with Crippen molar-refractivity contribution >= 4 is 83.4 Å². The summed E-state index contributed by atoms with van der Waals surface area (Å²) in [7, 11) is -1.39. The second kappa shape index (κ2) is 8.83. The molecule has 0 aliphatic carbocycles. The summed E-state index contributed by atoms with van der Waals surface area (Å²) in [6.07, 6.45) is 0. The number of fused-ring (bicyclic) bond motifs is 7. The molecule has 1 nitrogen and oxygen atoms in total. The highest BCUT2D eigenvalue weighted by Crippen LogP contribution is 2.47. The smallest absolute Gasteiger partial charge is 0.0775 e. The quantitative estimate of drug-likeness (QED) is 0.207. The fraction of sp³-hybridized carbons (Fsp3) is 0.0857. The number of thiophene rings is 1. The van der Waals surface area contributed by atoms with Gasteiger partial charge >= 0.3 is 0 Å². The molecule has 38 heavy (non-hydrogen) atoms. The topological polar surface area (TPSA) is 3.24 Å². The lowest BCUT2D eigenvalue weighted by molar-refractivity contribution is 1.30. The van der Waals surface area contributed by atoms with E-state index in [0.29, 0.717) is 0 Å². The molecule has 1 aromatic heterocycles. The Morgan fingerprint density at radius 1 is 0.526 bits per heavy atom. The maximum atomic E-state index is 2.43. The molecule has 0 unspecified atom stereocenters. The summed E-state index contributed by atoms with van der Waals surface area (Å²) in [5.74, 6) is 0. The van der Waals surface area contributed by atoms with E-state index in [9.17, 15) is 0 Å². The zero-order valence-electron chi connectivity index (χ0n) is 21.9. The molecule has 0 radical (unpaired) electrons. The normalized spacial score (nSPS) is 12.1. The van der Waals surface area contributed by atoms with Gasteiger partial charge in [-0.1, -0.05) is 110 Å². The standard InChI is InChI=1S/C35H29NSSi/c1-38(2,3)27-20-18-26(19-21-27)36(25-12-5-4-6-13-25)31-23-33-35(30-16-10-9-15-29(30)31)34-28-14-8-7-11-24(28)17-22-32(34)37-33/h4-23H,1-3H3. The molecule has 0 atom stereocenters. The van der Waals surface area contributed by atoms with Crippen molar-refractivity contribution in [3.05, 3.63) is 121 Å². The molecule has 7 aromatic rings. The van der Waals surface area contributed by atoms with Crippen LogP contribution in [0.2, 0.25) is 19.6 Å². The van der Waals surface area contributed by atoms with Crippen LogP contribution in [0, 0.1) is 0 Å². The van der Waals surface area contributed by atoms with Crippen LogP contribution in [0.4, 0.5) is 17.1 Å². The van der Waals surface area contributed by atoms with E-state index in [1.54, 1.807) is 0 Å². The third kappa shape index (κ3) is 3.73. The predicted octanol–water partition coefficient (Wildman–Crippen LogP) is 10.4. The average molecular weight is 524 g/mol. The molecule has 0 amide bonds. The zero-order valence-corrected chi connectivity index (χ0v) is 23.7. The summed E-state index contributed by atoms with van der Waals surface area (Å²) in [5.41, 5.74) is 3.58. The maximum Gasteiger partial charge on any atom is 0.0775 e. The Hall–Kier alpha value is -3.92. The average Bonchev–Trinajstić information content (AvgIpc) is 3.33. The summed E-state index contributed by atoms with van der Waals surface area (Å²) in [4.78, 5) is 2.43. The predicted molar refractivity (Wildman–Crippen MR) is 172 cm³/mol. The molecule has 0 N–H and O–H groups in total. The summed E-state index contributed by atoms with van der Waals surface area (Å²) >= 11 is 1.90. The van der Waals surface area contributed by atoms with Crippen LogP contribution >= 0.6 is 11.3 Å². The molecular formula is C35H29NSSi. The van der Waals surface area contributed by atoms with Gasteiger partial charge < -0.3 is 4.90 Å². The van der Waals surface area contributed by atoms with Crippen LogP contribution < -0.4 is 10.1 Å². The second-order valence-electron chi connectivity index (χ2n) is 11.0. The zero-order chi connectivity index (χ0) is 25.9. The number of rotatable bonds is 4. The van der Waals surface area contributed by atoms with E-state index in [1.165, 1.54) is 64.0 Å². The Kier molecular flexibility index (Phi) is 5.39. The van der Waals surface area contributed by atoms with E-state index >= 15 is 0 Å². The first-order valence-corrected chi connectivity index (χ1v) is 17.5. The van der Waals surface area contributed by atoms with Gasteiger partial charge in [0.2, 0.25) is 0 Å². The van der Waals surface area contributed by atoms with Gasteiger partial charge in [-0.15, -0.1) is 11.3 Å².